The number of hydrogen-bond donors (Lipinski definition) is 0. The van der Waals surface area contributed by atoms with Crippen LogP contribution >= 0.6 is 0 Å². The summed E-state index contributed by atoms with van der Waals surface area (Å²) in [7, 11) is 3.37. The third kappa shape index (κ3) is 4.48. The van der Waals surface area contributed by atoms with Gasteiger partial charge in [0.25, 0.3) is 0 Å². The molecule has 1 aromatic heterocycles. The molecule has 1 aromatic carbocycles. The van der Waals surface area contributed by atoms with Crippen LogP contribution in [0, 0.1) is 0 Å². The molecule has 0 amide bonds. The third-order valence-corrected chi connectivity index (χ3v) is 3.79. The largest absolute Gasteiger partial charge is 0.497 e. The minimum Gasteiger partial charge on any atom is -0.497 e. The van der Waals surface area contributed by atoms with Crippen molar-refractivity contribution in [1.82, 2.24) is 4.98 Å². The van der Waals surface area contributed by atoms with E-state index in [9.17, 15) is 0 Å². The Morgan fingerprint density at radius 3 is 2.19 bits per heavy atom. The first-order valence-electron chi connectivity index (χ1n) is 7.35. The number of ether oxygens (including phenoxy) is 2. The van der Waals surface area contributed by atoms with E-state index in [0.717, 1.165) is 30.8 Å². The van der Waals surface area contributed by atoms with Gasteiger partial charge in [0, 0.05) is 18.5 Å². The fourth-order valence-corrected chi connectivity index (χ4v) is 2.44. The Bertz CT molecular complexity index is 532. The molecular formula is C18H23NO2. The maximum Gasteiger partial charge on any atom is 0.122 e. The average Bonchev–Trinajstić information content (AvgIpc) is 2.55. The van der Waals surface area contributed by atoms with Crippen molar-refractivity contribution in [3.8, 4) is 11.5 Å². The Labute approximate surface area is 126 Å². The first-order chi connectivity index (χ1) is 10.2. The third-order valence-electron chi connectivity index (χ3n) is 3.79. The summed E-state index contributed by atoms with van der Waals surface area (Å²) < 4.78 is 10.7. The van der Waals surface area contributed by atoms with Crippen LogP contribution in [0.3, 0.4) is 0 Å². The average molecular weight is 285 g/mol. The summed E-state index contributed by atoms with van der Waals surface area (Å²) in [5, 5.41) is 0. The van der Waals surface area contributed by atoms with Gasteiger partial charge in [0.2, 0.25) is 0 Å². The molecule has 1 unspecified atom stereocenters. The van der Waals surface area contributed by atoms with Crippen LogP contribution in [0.2, 0.25) is 0 Å². The van der Waals surface area contributed by atoms with Crippen LogP contribution in [-0.2, 0) is 6.42 Å². The number of aromatic nitrogens is 1. The van der Waals surface area contributed by atoms with Gasteiger partial charge in [-0.2, -0.15) is 0 Å². The quantitative estimate of drug-likeness (QED) is 0.763. The molecule has 1 atom stereocenters. The summed E-state index contributed by atoms with van der Waals surface area (Å²) in [6, 6.07) is 10.3. The fourth-order valence-electron chi connectivity index (χ4n) is 2.44. The minimum atomic E-state index is 0.482. The summed E-state index contributed by atoms with van der Waals surface area (Å²) >= 11 is 0. The Morgan fingerprint density at radius 2 is 1.62 bits per heavy atom. The molecule has 1 heterocycles. The lowest BCUT2D eigenvalue weighted by molar-refractivity contribution is 0.392. The molecule has 0 N–H and O–H groups in total. The van der Waals surface area contributed by atoms with Crippen LogP contribution in [0.4, 0.5) is 0 Å². The highest BCUT2D eigenvalue weighted by atomic mass is 16.5. The number of nitrogens with zero attached hydrogens (tertiary/aromatic N) is 1. The summed E-state index contributed by atoms with van der Waals surface area (Å²) in [5.41, 5.74) is 2.61. The first-order valence-corrected chi connectivity index (χ1v) is 7.35. The van der Waals surface area contributed by atoms with Crippen molar-refractivity contribution in [2.45, 2.75) is 32.1 Å². The number of aryl methyl sites for hydroxylation is 1. The van der Waals surface area contributed by atoms with E-state index in [1.807, 2.05) is 18.5 Å². The molecule has 0 aliphatic rings. The summed E-state index contributed by atoms with van der Waals surface area (Å²) in [6.45, 7) is 2.25. The fraction of sp³-hybridized carbons (Fsp3) is 0.389. The van der Waals surface area contributed by atoms with Crippen molar-refractivity contribution in [3.05, 3.63) is 53.9 Å². The van der Waals surface area contributed by atoms with E-state index in [-0.39, 0.29) is 0 Å². The van der Waals surface area contributed by atoms with E-state index in [1.165, 1.54) is 11.1 Å². The molecule has 3 heteroatoms. The zero-order valence-corrected chi connectivity index (χ0v) is 13.0. The van der Waals surface area contributed by atoms with Gasteiger partial charge in [-0.05, 0) is 60.6 Å². The van der Waals surface area contributed by atoms with Crippen molar-refractivity contribution in [3.63, 3.8) is 0 Å². The number of hydrogen-bond acceptors (Lipinski definition) is 3. The van der Waals surface area contributed by atoms with E-state index < -0.39 is 0 Å². The lowest BCUT2D eigenvalue weighted by atomic mass is 9.94. The Balaban J connectivity index is 1.95. The van der Waals surface area contributed by atoms with Crippen LogP contribution in [-0.4, -0.2) is 19.2 Å². The van der Waals surface area contributed by atoms with Crippen molar-refractivity contribution in [2.75, 3.05) is 14.2 Å². The van der Waals surface area contributed by atoms with Crippen LogP contribution in [0.5, 0.6) is 11.5 Å². The maximum absolute atomic E-state index is 5.33. The molecule has 0 bridgehead atoms. The zero-order chi connectivity index (χ0) is 15.1. The van der Waals surface area contributed by atoms with E-state index in [0.29, 0.717) is 5.92 Å². The molecule has 0 saturated carbocycles. The molecule has 0 fully saturated rings. The van der Waals surface area contributed by atoms with Crippen LogP contribution in [0.15, 0.2) is 42.7 Å². The predicted octanol–water partition coefficient (Wildman–Crippen LogP) is 4.23. The van der Waals surface area contributed by atoms with Gasteiger partial charge >= 0.3 is 0 Å². The lowest BCUT2D eigenvalue weighted by Gasteiger charge is -2.14. The summed E-state index contributed by atoms with van der Waals surface area (Å²) in [6.07, 6.45) is 7.09. The van der Waals surface area contributed by atoms with E-state index in [4.69, 9.17) is 9.47 Å². The molecule has 0 spiro atoms. The van der Waals surface area contributed by atoms with Gasteiger partial charge in [-0.15, -0.1) is 0 Å². The van der Waals surface area contributed by atoms with Crippen LogP contribution in [0.1, 0.15) is 36.8 Å². The molecule has 2 aromatic rings. The Hall–Kier alpha value is -2.03. The van der Waals surface area contributed by atoms with Crippen molar-refractivity contribution in [2.24, 2.45) is 0 Å². The second-order valence-corrected chi connectivity index (χ2v) is 5.29. The summed E-state index contributed by atoms with van der Waals surface area (Å²) in [5.74, 6) is 2.19. The molecule has 0 radical (unpaired) electrons. The molecule has 2 rings (SSSR count). The molecule has 0 aliphatic carbocycles. The highest BCUT2D eigenvalue weighted by Gasteiger charge is 2.09. The van der Waals surface area contributed by atoms with Crippen molar-refractivity contribution in [1.29, 1.82) is 0 Å². The van der Waals surface area contributed by atoms with Gasteiger partial charge in [-0.25, -0.2) is 0 Å². The molecule has 21 heavy (non-hydrogen) atoms. The first kappa shape index (κ1) is 15.4. The monoisotopic (exact) mass is 285 g/mol. The van der Waals surface area contributed by atoms with E-state index >= 15 is 0 Å². The van der Waals surface area contributed by atoms with Gasteiger partial charge in [-0.1, -0.05) is 6.92 Å². The molecule has 0 saturated heterocycles. The predicted molar refractivity (Wildman–Crippen MR) is 85.1 cm³/mol. The highest BCUT2D eigenvalue weighted by Crippen LogP contribution is 2.29. The minimum absolute atomic E-state index is 0.482. The number of benzene rings is 1. The second kappa shape index (κ2) is 7.67. The maximum atomic E-state index is 5.33. The number of rotatable bonds is 7. The van der Waals surface area contributed by atoms with E-state index in [1.54, 1.807) is 14.2 Å². The topological polar surface area (TPSA) is 31.4 Å². The second-order valence-electron chi connectivity index (χ2n) is 5.29. The molecule has 0 aliphatic heterocycles. The standard InChI is InChI=1S/C18H23NO2/c1-14(5-4-6-15-7-9-19-10-8-15)16-11-17(20-2)13-18(12-16)21-3/h7-14H,4-6H2,1-3H3. The van der Waals surface area contributed by atoms with Gasteiger partial charge in [-0.3, -0.25) is 4.98 Å². The lowest BCUT2D eigenvalue weighted by Crippen LogP contribution is -1.98. The van der Waals surface area contributed by atoms with E-state index in [2.05, 4.69) is 36.2 Å². The van der Waals surface area contributed by atoms with Gasteiger partial charge in [0.15, 0.2) is 0 Å². The van der Waals surface area contributed by atoms with Crippen molar-refractivity contribution < 1.29 is 9.47 Å². The van der Waals surface area contributed by atoms with Gasteiger partial charge in [0.05, 0.1) is 14.2 Å². The number of pyridine rings is 1. The Kier molecular flexibility index (Phi) is 5.61. The molecule has 112 valence electrons. The van der Waals surface area contributed by atoms with Gasteiger partial charge < -0.3 is 9.47 Å². The SMILES string of the molecule is COc1cc(OC)cc(C(C)CCCc2ccncc2)c1. The summed E-state index contributed by atoms with van der Waals surface area (Å²) in [4.78, 5) is 4.05. The smallest absolute Gasteiger partial charge is 0.122 e. The van der Waals surface area contributed by atoms with Crippen LogP contribution < -0.4 is 9.47 Å². The van der Waals surface area contributed by atoms with Crippen LogP contribution in [0.25, 0.3) is 0 Å². The van der Waals surface area contributed by atoms with Gasteiger partial charge in [0.1, 0.15) is 11.5 Å². The number of methoxy groups -OCH3 is 2. The van der Waals surface area contributed by atoms with Crippen molar-refractivity contribution >= 4 is 0 Å². The zero-order valence-electron chi connectivity index (χ0n) is 13.0. The Morgan fingerprint density at radius 1 is 1.00 bits per heavy atom. The normalized spacial score (nSPS) is 12.0. The highest BCUT2D eigenvalue weighted by molar-refractivity contribution is 5.39. The molecule has 3 nitrogen and oxygen atoms in total. The molecular weight excluding hydrogens is 262 g/mol.